The molecule has 18 nitrogen and oxygen atoms in total. The molecule has 0 spiro atoms. The van der Waals surface area contributed by atoms with Crippen LogP contribution >= 0.6 is 0 Å². The molecule has 18 heteroatoms. The first kappa shape index (κ1) is 58.8. The smallest absolute Gasteiger partial charge is 0.338 e. The summed E-state index contributed by atoms with van der Waals surface area (Å²) in [6, 6.07) is 16.7. The fourth-order valence-electron chi connectivity index (χ4n) is 10.8. The Kier molecular flexibility index (Phi) is 20.4. The van der Waals surface area contributed by atoms with Gasteiger partial charge >= 0.3 is 23.9 Å². The van der Waals surface area contributed by atoms with Crippen LogP contribution in [0.1, 0.15) is 116 Å². The van der Waals surface area contributed by atoms with Gasteiger partial charge < -0.3 is 67.6 Å². The van der Waals surface area contributed by atoms with Gasteiger partial charge in [-0.25, -0.2) is 9.59 Å². The van der Waals surface area contributed by atoms with Crippen LogP contribution in [0.5, 0.6) is 0 Å². The Morgan fingerprint density at radius 2 is 1.32 bits per heavy atom. The molecule has 2 aromatic rings. The van der Waals surface area contributed by atoms with Gasteiger partial charge in [0.05, 0.1) is 65.3 Å². The third-order valence-corrected chi connectivity index (χ3v) is 15.3. The number of hydrogen-bond donors (Lipinski definition) is 3. The number of rotatable bonds is 14. The first-order valence-electron chi connectivity index (χ1n) is 25.2. The topological polar surface area (TPSA) is 225 Å². The lowest BCUT2D eigenvalue weighted by molar-refractivity contribution is -0.319. The summed E-state index contributed by atoms with van der Waals surface area (Å²) in [5.74, 6) is -6.62. The lowest BCUT2D eigenvalue weighted by atomic mass is 9.73. The number of aliphatic hydroxyl groups excluding tert-OH is 2. The van der Waals surface area contributed by atoms with Crippen molar-refractivity contribution in [3.63, 3.8) is 0 Å². The number of cyclic esters (lactones) is 1. The minimum Gasteiger partial charge on any atom is -0.463 e. The van der Waals surface area contributed by atoms with E-state index in [1.165, 1.54) is 14.2 Å². The molecule has 0 aliphatic carbocycles. The van der Waals surface area contributed by atoms with Crippen LogP contribution in [0.4, 0.5) is 0 Å². The summed E-state index contributed by atoms with van der Waals surface area (Å²) in [7, 11) is 6.75. The molecule has 72 heavy (non-hydrogen) atoms. The lowest BCUT2D eigenvalue weighted by Crippen LogP contribution is -2.63. The average Bonchev–Trinajstić information content (AvgIpc) is 3.36. The molecule has 19 atom stereocenters. The van der Waals surface area contributed by atoms with Crippen LogP contribution in [-0.2, 0) is 57.0 Å². The van der Waals surface area contributed by atoms with E-state index in [1.807, 2.05) is 32.8 Å². The maximum Gasteiger partial charge on any atom is 0.338 e. The highest BCUT2D eigenvalue weighted by Crippen LogP contribution is 2.43. The van der Waals surface area contributed by atoms with Crippen LogP contribution < -0.4 is 0 Å². The van der Waals surface area contributed by atoms with Crippen LogP contribution in [0.25, 0.3) is 0 Å². The zero-order valence-corrected chi connectivity index (χ0v) is 44.6. The summed E-state index contributed by atoms with van der Waals surface area (Å²) in [5.41, 5.74) is -4.28. The molecule has 3 aliphatic heterocycles. The molecule has 0 amide bonds. The van der Waals surface area contributed by atoms with Gasteiger partial charge in [0.15, 0.2) is 30.4 Å². The summed E-state index contributed by atoms with van der Waals surface area (Å²) in [5, 5.41) is 36.6. The number of hydrogen-bond acceptors (Lipinski definition) is 18. The molecule has 5 rings (SSSR count). The van der Waals surface area contributed by atoms with Crippen LogP contribution in [0.3, 0.4) is 0 Å². The quantitative estimate of drug-likeness (QED) is 0.157. The van der Waals surface area contributed by atoms with E-state index in [2.05, 4.69) is 0 Å². The number of methoxy groups -OCH3 is 2. The molecule has 0 aromatic heterocycles. The van der Waals surface area contributed by atoms with Gasteiger partial charge in [-0.05, 0) is 98.2 Å². The molecule has 3 saturated heterocycles. The Labute approximate surface area is 425 Å². The minimum absolute atomic E-state index is 0.0109. The minimum atomic E-state index is -2.38. The summed E-state index contributed by atoms with van der Waals surface area (Å²) in [6.45, 7) is 16.0. The molecule has 0 radical (unpaired) electrons. The number of carbonyl (C=O) groups is 4. The lowest BCUT2D eigenvalue weighted by Gasteiger charge is -2.50. The van der Waals surface area contributed by atoms with Gasteiger partial charge in [-0.1, -0.05) is 64.1 Å². The van der Waals surface area contributed by atoms with Gasteiger partial charge in [-0.15, -0.1) is 0 Å². The summed E-state index contributed by atoms with van der Waals surface area (Å²) in [6.07, 6.45) is -11.8. The SMILES string of the molecule is CC[C@H]1OC(=O)[C@H](C)[C@@H](OC2C[C@@](C)(OC)[C@@H](OC(=O)c3ccccc3)[C@H](C)O2)[C@H](C)[C@@H](OC2O[C@H](C)C[C@H](N(C)C)[C@H]2OC(=O)c2ccccc2)[C@](C)(OC)C[C@@H](C)[C@H](O)[C@H](C)[C@@H](O)[C@@]1(O)COC(C)=O. The highest BCUT2D eigenvalue weighted by Gasteiger charge is 2.56. The molecule has 3 fully saturated rings. The molecule has 2 aromatic carbocycles. The van der Waals surface area contributed by atoms with Crippen molar-refractivity contribution >= 4 is 23.9 Å². The van der Waals surface area contributed by atoms with E-state index in [1.54, 1.807) is 109 Å². The van der Waals surface area contributed by atoms with E-state index in [9.17, 15) is 34.5 Å². The van der Waals surface area contributed by atoms with Crippen LogP contribution in [0.15, 0.2) is 60.7 Å². The average molecular weight is 1020 g/mol. The van der Waals surface area contributed by atoms with E-state index in [-0.39, 0.29) is 31.4 Å². The normalized spacial score (nSPS) is 39.3. The van der Waals surface area contributed by atoms with Crippen LogP contribution in [-0.4, -0.2) is 169 Å². The summed E-state index contributed by atoms with van der Waals surface area (Å²) in [4.78, 5) is 56.4. The maximum absolute atomic E-state index is 14.9. The Balaban J connectivity index is 1.65. The molecule has 404 valence electrons. The van der Waals surface area contributed by atoms with Crippen molar-refractivity contribution < 1.29 is 81.9 Å². The molecule has 0 bridgehead atoms. The van der Waals surface area contributed by atoms with E-state index in [0.29, 0.717) is 17.5 Å². The predicted molar refractivity (Wildman–Crippen MR) is 262 cm³/mol. The highest BCUT2D eigenvalue weighted by molar-refractivity contribution is 5.90. The van der Waals surface area contributed by atoms with Crippen molar-refractivity contribution in [3.8, 4) is 0 Å². The predicted octanol–water partition coefficient (Wildman–Crippen LogP) is 5.50. The van der Waals surface area contributed by atoms with Crippen molar-refractivity contribution in [2.45, 2.75) is 185 Å². The molecular weight excluding hydrogens is 935 g/mol. The van der Waals surface area contributed by atoms with Gasteiger partial charge in [0, 0.05) is 39.4 Å². The Hall–Kier alpha value is -4.08. The fraction of sp³-hybridized carbons (Fsp3) is 0.704. The van der Waals surface area contributed by atoms with Gasteiger partial charge in [0.2, 0.25) is 0 Å². The number of aliphatic hydroxyl groups is 3. The third-order valence-electron chi connectivity index (χ3n) is 15.3. The molecule has 3 aliphatic rings. The van der Waals surface area contributed by atoms with Crippen molar-refractivity contribution in [1.29, 1.82) is 0 Å². The molecule has 3 heterocycles. The number of nitrogens with zero attached hydrogens (tertiary/aromatic N) is 1. The van der Waals surface area contributed by atoms with Gasteiger partial charge in [0.1, 0.15) is 18.3 Å². The first-order chi connectivity index (χ1) is 33.8. The number of benzene rings is 2. The molecule has 3 N–H and O–H groups in total. The van der Waals surface area contributed by atoms with Gasteiger partial charge in [-0.3, -0.25) is 9.59 Å². The first-order valence-corrected chi connectivity index (χ1v) is 25.2. The van der Waals surface area contributed by atoms with E-state index >= 15 is 0 Å². The van der Waals surface area contributed by atoms with Crippen molar-refractivity contribution in [3.05, 3.63) is 71.8 Å². The Bertz CT molecular complexity index is 2080. The van der Waals surface area contributed by atoms with Crippen LogP contribution in [0.2, 0.25) is 0 Å². The maximum atomic E-state index is 14.9. The number of likely N-dealkylation sites (N-methyl/N-ethyl adjacent to an activating group) is 1. The van der Waals surface area contributed by atoms with E-state index < -0.39 is 132 Å². The van der Waals surface area contributed by atoms with Gasteiger partial charge in [-0.2, -0.15) is 0 Å². The van der Waals surface area contributed by atoms with Crippen molar-refractivity contribution in [1.82, 2.24) is 4.90 Å². The number of ether oxygens (including phenoxy) is 10. The monoisotopic (exact) mass is 1020 g/mol. The molecule has 2 unspecified atom stereocenters. The standard InChI is InChI=1S/C54H81NO17/c1-15-40-54(62,29-65-36(8)56)45(58)32(4)42(57)30(2)27-52(9,63-13)46(72-51-44(39(55(11)12)26-31(3)66-51)70-49(60)37-22-18-16-19-23-37)33(5)43(34(6)48(59)68-40)69-41-28-53(10,64-14)47(35(7)67-41)71-50(61)38-24-20-17-21-25-38/h16-25,30-35,39-47,51,57-58,62H,15,26-29H2,1-14H3/t30-,31-,32+,33+,34-,35+,39+,40-,41?,42+,43+,44-,45-,46-,47+,51?,52-,53-,54-/m1/s1. The second-order valence-electron chi connectivity index (χ2n) is 20.9. The number of carbonyl (C=O) groups excluding carboxylic acids is 4. The second kappa shape index (κ2) is 25.0. The highest BCUT2D eigenvalue weighted by atomic mass is 16.7. The van der Waals surface area contributed by atoms with Crippen LogP contribution in [0, 0.1) is 23.7 Å². The van der Waals surface area contributed by atoms with Crippen molar-refractivity contribution in [2.75, 3.05) is 34.9 Å². The summed E-state index contributed by atoms with van der Waals surface area (Å²) >= 11 is 0. The molecular formula is C54H81NO17. The molecule has 0 saturated carbocycles. The Morgan fingerprint density at radius 3 is 1.85 bits per heavy atom. The largest absolute Gasteiger partial charge is 0.463 e. The van der Waals surface area contributed by atoms with E-state index in [4.69, 9.17) is 47.4 Å². The van der Waals surface area contributed by atoms with Gasteiger partial charge in [0.25, 0.3) is 0 Å². The van der Waals surface area contributed by atoms with Crippen molar-refractivity contribution in [2.24, 2.45) is 23.7 Å². The van der Waals surface area contributed by atoms with E-state index in [0.717, 1.165) is 6.92 Å². The number of esters is 4. The zero-order valence-electron chi connectivity index (χ0n) is 44.6. The summed E-state index contributed by atoms with van der Waals surface area (Å²) < 4.78 is 63.8. The third kappa shape index (κ3) is 13.4. The second-order valence-corrected chi connectivity index (χ2v) is 20.9. The fourth-order valence-corrected chi connectivity index (χ4v) is 10.8. The zero-order chi connectivity index (χ0) is 53.5. The Morgan fingerprint density at radius 1 is 0.764 bits per heavy atom.